The van der Waals surface area contributed by atoms with E-state index in [2.05, 4.69) is 4.98 Å². The SMILES string of the molecule is CCCc1nc(-c2ccc(Cl)cc2)c(C(=O)O)s1. The van der Waals surface area contributed by atoms with Gasteiger partial charge in [0.15, 0.2) is 0 Å². The van der Waals surface area contributed by atoms with Crippen molar-refractivity contribution in [3.63, 3.8) is 0 Å². The first kappa shape index (κ1) is 13.1. The minimum Gasteiger partial charge on any atom is -0.477 e. The smallest absolute Gasteiger partial charge is 0.348 e. The lowest BCUT2D eigenvalue weighted by Crippen LogP contribution is -1.95. The van der Waals surface area contributed by atoms with Gasteiger partial charge in [-0.15, -0.1) is 11.3 Å². The number of carboxylic acids is 1. The van der Waals surface area contributed by atoms with Gasteiger partial charge in [-0.2, -0.15) is 0 Å². The van der Waals surface area contributed by atoms with Gasteiger partial charge in [-0.05, 0) is 25.0 Å². The van der Waals surface area contributed by atoms with Crippen molar-refractivity contribution in [2.45, 2.75) is 19.8 Å². The van der Waals surface area contributed by atoms with Crippen molar-refractivity contribution in [2.75, 3.05) is 0 Å². The summed E-state index contributed by atoms with van der Waals surface area (Å²) in [6.45, 7) is 2.05. The summed E-state index contributed by atoms with van der Waals surface area (Å²) < 4.78 is 0. The van der Waals surface area contributed by atoms with Crippen molar-refractivity contribution in [1.82, 2.24) is 4.98 Å². The predicted molar refractivity (Wildman–Crippen MR) is 73.5 cm³/mol. The number of rotatable bonds is 4. The van der Waals surface area contributed by atoms with Crippen LogP contribution in [-0.4, -0.2) is 16.1 Å². The van der Waals surface area contributed by atoms with Crippen LogP contribution in [0.3, 0.4) is 0 Å². The van der Waals surface area contributed by atoms with E-state index in [1.807, 2.05) is 6.92 Å². The molecule has 1 aromatic carbocycles. The number of thiazole rings is 1. The number of aromatic carboxylic acids is 1. The minimum atomic E-state index is -0.931. The summed E-state index contributed by atoms with van der Waals surface area (Å²) in [6, 6.07) is 7.06. The molecule has 0 amide bonds. The molecule has 3 nitrogen and oxygen atoms in total. The molecule has 0 radical (unpaired) electrons. The maximum atomic E-state index is 11.2. The van der Waals surface area contributed by atoms with Crippen LogP contribution in [0.4, 0.5) is 0 Å². The second-order valence-electron chi connectivity index (χ2n) is 3.85. The highest BCUT2D eigenvalue weighted by Gasteiger charge is 2.18. The standard InChI is InChI=1S/C13H12ClNO2S/c1-2-3-10-15-11(12(18-10)13(16)17)8-4-6-9(14)7-5-8/h4-7H,2-3H2,1H3,(H,16,17). The molecule has 2 aromatic rings. The van der Waals surface area contributed by atoms with Crippen molar-refractivity contribution in [3.05, 3.63) is 39.2 Å². The fraction of sp³-hybridized carbons (Fsp3) is 0.231. The molecular formula is C13H12ClNO2S. The van der Waals surface area contributed by atoms with E-state index in [1.165, 1.54) is 11.3 Å². The number of benzene rings is 1. The first-order chi connectivity index (χ1) is 8.61. The molecule has 1 aromatic heterocycles. The second kappa shape index (κ2) is 5.50. The number of hydrogen-bond donors (Lipinski definition) is 1. The molecular weight excluding hydrogens is 270 g/mol. The third-order valence-electron chi connectivity index (χ3n) is 2.45. The number of carbonyl (C=O) groups is 1. The van der Waals surface area contributed by atoms with E-state index in [1.54, 1.807) is 24.3 Å². The normalized spacial score (nSPS) is 10.6. The van der Waals surface area contributed by atoms with Crippen molar-refractivity contribution >= 4 is 28.9 Å². The summed E-state index contributed by atoms with van der Waals surface area (Å²) in [5.41, 5.74) is 1.32. The van der Waals surface area contributed by atoms with Gasteiger partial charge in [0.05, 0.1) is 10.7 Å². The van der Waals surface area contributed by atoms with Gasteiger partial charge < -0.3 is 5.11 Å². The highest BCUT2D eigenvalue weighted by molar-refractivity contribution is 7.14. The van der Waals surface area contributed by atoms with Crippen LogP contribution >= 0.6 is 22.9 Å². The fourth-order valence-electron chi connectivity index (χ4n) is 1.63. The van der Waals surface area contributed by atoms with Crippen LogP contribution < -0.4 is 0 Å². The van der Waals surface area contributed by atoms with Crippen molar-refractivity contribution < 1.29 is 9.90 Å². The van der Waals surface area contributed by atoms with Crippen LogP contribution in [0, 0.1) is 0 Å². The van der Waals surface area contributed by atoms with Gasteiger partial charge in [-0.25, -0.2) is 9.78 Å². The van der Waals surface area contributed by atoms with Gasteiger partial charge in [0.2, 0.25) is 0 Å². The van der Waals surface area contributed by atoms with E-state index in [-0.39, 0.29) is 0 Å². The Morgan fingerprint density at radius 1 is 1.39 bits per heavy atom. The van der Waals surface area contributed by atoms with Crippen molar-refractivity contribution in [1.29, 1.82) is 0 Å². The first-order valence-electron chi connectivity index (χ1n) is 5.60. The van der Waals surface area contributed by atoms with Crippen molar-refractivity contribution in [3.8, 4) is 11.3 Å². The van der Waals surface area contributed by atoms with Gasteiger partial charge in [0, 0.05) is 10.6 Å². The van der Waals surface area contributed by atoms with Gasteiger partial charge in [0.1, 0.15) is 4.88 Å². The van der Waals surface area contributed by atoms with Gasteiger partial charge in [0.25, 0.3) is 0 Å². The minimum absolute atomic E-state index is 0.292. The third kappa shape index (κ3) is 2.71. The number of nitrogens with zero attached hydrogens (tertiary/aromatic N) is 1. The van der Waals surface area contributed by atoms with Crippen LogP contribution in [-0.2, 0) is 6.42 Å². The Morgan fingerprint density at radius 2 is 2.06 bits per heavy atom. The molecule has 0 saturated heterocycles. The first-order valence-corrected chi connectivity index (χ1v) is 6.80. The Hall–Kier alpha value is -1.39. The lowest BCUT2D eigenvalue weighted by molar-refractivity contribution is 0.0702. The molecule has 0 aliphatic rings. The summed E-state index contributed by atoms with van der Waals surface area (Å²) in [5.74, 6) is -0.931. The average molecular weight is 282 g/mol. The van der Waals surface area contributed by atoms with E-state index < -0.39 is 5.97 Å². The van der Waals surface area contributed by atoms with Crippen LogP contribution in [0.1, 0.15) is 28.0 Å². The number of carboxylic acid groups (broad SMARTS) is 1. The number of hydrogen-bond acceptors (Lipinski definition) is 3. The quantitative estimate of drug-likeness (QED) is 0.917. The summed E-state index contributed by atoms with van der Waals surface area (Å²) in [7, 11) is 0. The largest absolute Gasteiger partial charge is 0.477 e. The van der Waals surface area contributed by atoms with Crippen molar-refractivity contribution in [2.24, 2.45) is 0 Å². The molecule has 0 unspecified atom stereocenters. The second-order valence-corrected chi connectivity index (χ2v) is 5.37. The zero-order valence-electron chi connectivity index (χ0n) is 9.81. The maximum Gasteiger partial charge on any atom is 0.348 e. The highest BCUT2D eigenvalue weighted by Crippen LogP contribution is 2.29. The van der Waals surface area contributed by atoms with Crippen LogP contribution in [0.15, 0.2) is 24.3 Å². The summed E-state index contributed by atoms with van der Waals surface area (Å²) in [4.78, 5) is 15.9. The molecule has 0 bridgehead atoms. The monoisotopic (exact) mass is 281 g/mol. The molecule has 1 heterocycles. The lowest BCUT2D eigenvalue weighted by atomic mass is 10.1. The Balaban J connectivity index is 2.47. The summed E-state index contributed by atoms with van der Waals surface area (Å²) >= 11 is 7.07. The zero-order valence-corrected chi connectivity index (χ0v) is 11.4. The van der Waals surface area contributed by atoms with Gasteiger partial charge in [-0.3, -0.25) is 0 Å². The fourth-order valence-corrected chi connectivity index (χ4v) is 2.79. The molecule has 2 rings (SSSR count). The maximum absolute atomic E-state index is 11.2. The highest BCUT2D eigenvalue weighted by atomic mass is 35.5. The number of aromatic nitrogens is 1. The van der Waals surface area contributed by atoms with E-state index in [9.17, 15) is 9.90 Å². The Morgan fingerprint density at radius 3 is 2.61 bits per heavy atom. The Labute approximate surface area is 114 Å². The number of aryl methyl sites for hydroxylation is 1. The molecule has 0 spiro atoms. The molecule has 94 valence electrons. The third-order valence-corrected chi connectivity index (χ3v) is 3.80. The molecule has 18 heavy (non-hydrogen) atoms. The topological polar surface area (TPSA) is 50.2 Å². The predicted octanol–water partition coefficient (Wildman–Crippen LogP) is 4.11. The van der Waals surface area contributed by atoms with E-state index in [0.717, 1.165) is 23.4 Å². The summed E-state index contributed by atoms with van der Waals surface area (Å²) in [5, 5.41) is 10.7. The van der Waals surface area contributed by atoms with Crippen LogP contribution in [0.2, 0.25) is 5.02 Å². The van der Waals surface area contributed by atoms with Gasteiger partial charge >= 0.3 is 5.97 Å². The van der Waals surface area contributed by atoms with E-state index >= 15 is 0 Å². The summed E-state index contributed by atoms with van der Waals surface area (Å²) in [6.07, 6.45) is 1.76. The Bertz CT molecular complexity index is 563. The van der Waals surface area contributed by atoms with Crippen LogP contribution in [0.5, 0.6) is 0 Å². The number of halogens is 1. The molecule has 0 saturated carbocycles. The molecule has 0 atom stereocenters. The van der Waals surface area contributed by atoms with E-state index in [4.69, 9.17) is 11.6 Å². The average Bonchev–Trinajstić information content (AvgIpc) is 2.75. The Kier molecular flexibility index (Phi) is 3.99. The van der Waals surface area contributed by atoms with Gasteiger partial charge in [-0.1, -0.05) is 30.7 Å². The molecule has 1 N–H and O–H groups in total. The molecule has 0 aliphatic carbocycles. The molecule has 0 aliphatic heterocycles. The molecule has 5 heteroatoms. The van der Waals surface area contributed by atoms with Crippen LogP contribution in [0.25, 0.3) is 11.3 Å². The van der Waals surface area contributed by atoms with E-state index in [0.29, 0.717) is 15.6 Å². The zero-order chi connectivity index (χ0) is 13.1. The lowest BCUT2D eigenvalue weighted by Gasteiger charge is -1.98. The molecule has 0 fully saturated rings.